The molecule has 1 N–H and O–H groups in total. The number of carbonyl (C=O) groups is 1. The third kappa shape index (κ3) is 5.46. The van der Waals surface area contributed by atoms with Gasteiger partial charge in [-0.05, 0) is 51.8 Å². The summed E-state index contributed by atoms with van der Waals surface area (Å²) >= 11 is 3.49. The molecule has 0 aromatic heterocycles. The van der Waals surface area contributed by atoms with E-state index in [1.807, 2.05) is 27.7 Å². The highest BCUT2D eigenvalue weighted by Crippen LogP contribution is 2.38. The lowest BCUT2D eigenvalue weighted by Gasteiger charge is -2.29. The molecule has 1 atom stereocenters. The van der Waals surface area contributed by atoms with Crippen LogP contribution in [0.3, 0.4) is 0 Å². The third-order valence-electron chi connectivity index (χ3n) is 3.20. The summed E-state index contributed by atoms with van der Waals surface area (Å²) in [5.74, 6) is -0.551. The molecule has 0 aliphatic heterocycles. The lowest BCUT2D eigenvalue weighted by atomic mass is 9.98. The number of hydrogen-bond donors (Lipinski definition) is 1. The normalized spacial score (nSPS) is 13.5. The molecule has 0 aliphatic rings. The zero-order valence-corrected chi connectivity index (χ0v) is 17.4. The van der Waals surface area contributed by atoms with Gasteiger partial charge in [0.1, 0.15) is 0 Å². The minimum Gasteiger partial charge on any atom is -0.467 e. The summed E-state index contributed by atoms with van der Waals surface area (Å²) in [7, 11) is -2.17. The van der Waals surface area contributed by atoms with Crippen LogP contribution in [0.2, 0.25) is 0 Å². The first-order valence-corrected chi connectivity index (χ1v) is 9.98. The van der Waals surface area contributed by atoms with Gasteiger partial charge in [-0.2, -0.15) is 0 Å². The fourth-order valence-electron chi connectivity index (χ4n) is 2.21. The summed E-state index contributed by atoms with van der Waals surface area (Å²) in [5, 5.41) is 0. The molecule has 0 fully saturated rings. The van der Waals surface area contributed by atoms with Gasteiger partial charge in [-0.25, -0.2) is 13.2 Å². The summed E-state index contributed by atoms with van der Waals surface area (Å²) in [6, 6.07) is 1.70. The van der Waals surface area contributed by atoms with E-state index in [0.717, 1.165) is 11.8 Å². The van der Waals surface area contributed by atoms with Crippen molar-refractivity contribution in [2.24, 2.45) is 0 Å². The Balaban J connectivity index is 3.60. The first-order chi connectivity index (χ1) is 10.8. The van der Waals surface area contributed by atoms with Gasteiger partial charge >= 0.3 is 5.97 Å². The molecule has 136 valence electrons. The van der Waals surface area contributed by atoms with Crippen molar-refractivity contribution in [3.05, 3.63) is 27.2 Å². The molecule has 0 saturated heterocycles. The van der Waals surface area contributed by atoms with Crippen LogP contribution in [0.1, 0.15) is 43.6 Å². The average Bonchev–Trinajstić information content (AvgIpc) is 2.40. The van der Waals surface area contributed by atoms with Crippen LogP contribution in [0.5, 0.6) is 0 Å². The van der Waals surface area contributed by atoms with Crippen molar-refractivity contribution in [3.63, 3.8) is 0 Å². The van der Waals surface area contributed by atoms with Crippen LogP contribution in [0.15, 0.2) is 10.5 Å². The molecule has 24 heavy (non-hydrogen) atoms. The zero-order chi connectivity index (χ0) is 18.9. The molecule has 0 spiro atoms. The number of rotatable bonds is 5. The first kappa shape index (κ1) is 20.9. The largest absolute Gasteiger partial charge is 0.467 e. The van der Waals surface area contributed by atoms with E-state index in [1.54, 1.807) is 13.0 Å². The second kappa shape index (κ2) is 7.41. The van der Waals surface area contributed by atoms with Gasteiger partial charge < -0.3 is 9.47 Å². The lowest BCUT2D eigenvalue weighted by Crippen LogP contribution is -2.29. The van der Waals surface area contributed by atoms with E-state index in [-0.39, 0.29) is 0 Å². The Morgan fingerprint density at radius 3 is 2.25 bits per heavy atom. The molecule has 6 nitrogen and oxygen atoms in total. The summed E-state index contributed by atoms with van der Waals surface area (Å²) in [6.07, 6.45) is 0.0943. The van der Waals surface area contributed by atoms with Gasteiger partial charge in [-0.15, -0.1) is 0 Å². The number of halogens is 1. The highest BCUT2D eigenvalue weighted by atomic mass is 79.9. The molecule has 1 aromatic carbocycles. The number of methoxy groups -OCH3 is 1. The van der Waals surface area contributed by atoms with E-state index in [1.165, 1.54) is 7.11 Å². The topological polar surface area (TPSA) is 81.7 Å². The Morgan fingerprint density at radius 1 is 1.29 bits per heavy atom. The van der Waals surface area contributed by atoms with E-state index in [9.17, 15) is 13.2 Å². The van der Waals surface area contributed by atoms with Crippen molar-refractivity contribution in [2.75, 3.05) is 18.1 Å². The summed E-state index contributed by atoms with van der Waals surface area (Å²) in [4.78, 5) is 12.3. The number of ether oxygens (including phenoxy) is 2. The Labute approximate surface area is 152 Å². The Bertz CT molecular complexity index is 738. The van der Waals surface area contributed by atoms with Gasteiger partial charge in [0.25, 0.3) is 0 Å². The number of sulfonamides is 1. The van der Waals surface area contributed by atoms with Gasteiger partial charge in [0.15, 0.2) is 6.10 Å². The monoisotopic (exact) mass is 421 g/mol. The third-order valence-corrected chi connectivity index (χ3v) is 4.84. The van der Waals surface area contributed by atoms with E-state index >= 15 is 0 Å². The minimum absolute atomic E-state index is 0.402. The number of carbonyl (C=O) groups excluding carboxylic acids is 1. The number of benzene rings is 1. The number of nitrogens with one attached hydrogen (secondary N) is 1. The van der Waals surface area contributed by atoms with E-state index < -0.39 is 27.7 Å². The minimum atomic E-state index is -3.45. The molecular weight excluding hydrogens is 398 g/mol. The van der Waals surface area contributed by atoms with Gasteiger partial charge in [-0.1, -0.05) is 15.9 Å². The van der Waals surface area contributed by atoms with Crippen molar-refractivity contribution in [2.45, 2.75) is 46.3 Å². The van der Waals surface area contributed by atoms with Crippen LogP contribution >= 0.6 is 15.9 Å². The predicted molar refractivity (Wildman–Crippen MR) is 97.7 cm³/mol. The fourth-order valence-corrected chi connectivity index (χ4v) is 3.44. The lowest BCUT2D eigenvalue weighted by molar-refractivity contribution is -0.164. The maximum Gasteiger partial charge on any atom is 0.339 e. The zero-order valence-electron chi connectivity index (χ0n) is 15.0. The van der Waals surface area contributed by atoms with Gasteiger partial charge in [0.05, 0.1) is 24.7 Å². The Kier molecular flexibility index (Phi) is 6.46. The molecule has 8 heteroatoms. The summed E-state index contributed by atoms with van der Waals surface area (Å²) in [6.45, 7) is 9.04. The average molecular weight is 422 g/mol. The molecular formula is C16H24BrNO5S. The van der Waals surface area contributed by atoms with Gasteiger partial charge in [-0.3, -0.25) is 4.72 Å². The SMILES string of the molecule is COC(=O)[C@@H](OC(C)(C)C)c1c(C)c(NS(C)(=O)=O)cc(C)c1Br. The van der Waals surface area contributed by atoms with E-state index in [2.05, 4.69) is 20.7 Å². The summed E-state index contributed by atoms with van der Waals surface area (Å²) < 4.78 is 37.1. The van der Waals surface area contributed by atoms with Crippen molar-refractivity contribution in [1.29, 1.82) is 0 Å². The standard InChI is InChI=1S/C16H24BrNO5S/c1-9-8-11(18-24(7,20)21)10(2)12(13(9)17)14(15(19)22-6)23-16(3,4)5/h8,14,18H,1-7H3/t14-/m0/s1. The van der Waals surface area contributed by atoms with E-state index in [0.29, 0.717) is 21.3 Å². The molecule has 1 rings (SSSR count). The highest BCUT2D eigenvalue weighted by molar-refractivity contribution is 9.10. The van der Waals surface area contributed by atoms with Crippen LogP contribution in [-0.2, 0) is 24.3 Å². The molecule has 0 aliphatic carbocycles. The molecule has 0 radical (unpaired) electrons. The quantitative estimate of drug-likeness (QED) is 0.735. The Hall–Kier alpha value is -1.12. The van der Waals surface area contributed by atoms with Crippen molar-refractivity contribution in [1.82, 2.24) is 0 Å². The number of esters is 1. The molecule has 0 bridgehead atoms. The smallest absolute Gasteiger partial charge is 0.339 e. The van der Waals surface area contributed by atoms with Crippen LogP contribution < -0.4 is 4.72 Å². The van der Waals surface area contributed by atoms with Gasteiger partial charge in [0, 0.05) is 10.0 Å². The second-order valence-corrected chi connectivity index (χ2v) is 9.14. The van der Waals surface area contributed by atoms with Crippen LogP contribution in [0.25, 0.3) is 0 Å². The first-order valence-electron chi connectivity index (χ1n) is 7.30. The van der Waals surface area contributed by atoms with Crippen LogP contribution in [0, 0.1) is 13.8 Å². The molecule has 1 aromatic rings. The molecule has 0 saturated carbocycles. The van der Waals surface area contributed by atoms with Crippen molar-refractivity contribution < 1.29 is 22.7 Å². The Morgan fingerprint density at radius 2 is 1.83 bits per heavy atom. The number of hydrogen-bond acceptors (Lipinski definition) is 5. The second-order valence-electron chi connectivity index (χ2n) is 6.60. The maximum atomic E-state index is 12.3. The van der Waals surface area contributed by atoms with Crippen molar-refractivity contribution in [3.8, 4) is 0 Å². The summed E-state index contributed by atoms with van der Waals surface area (Å²) in [5.41, 5.74) is 1.71. The molecule has 0 amide bonds. The fraction of sp³-hybridized carbons (Fsp3) is 0.562. The van der Waals surface area contributed by atoms with E-state index in [4.69, 9.17) is 9.47 Å². The van der Waals surface area contributed by atoms with Crippen LogP contribution in [-0.4, -0.2) is 33.4 Å². The number of aryl methyl sites for hydroxylation is 1. The molecule has 0 heterocycles. The van der Waals surface area contributed by atoms with Gasteiger partial charge in [0.2, 0.25) is 10.0 Å². The predicted octanol–water partition coefficient (Wildman–Crippen LogP) is 3.47. The number of anilines is 1. The highest BCUT2D eigenvalue weighted by Gasteiger charge is 2.32. The van der Waals surface area contributed by atoms with Crippen molar-refractivity contribution >= 4 is 37.6 Å². The maximum absolute atomic E-state index is 12.3. The molecule has 0 unspecified atom stereocenters. The van der Waals surface area contributed by atoms with Crippen LogP contribution in [0.4, 0.5) is 5.69 Å².